The molecule has 0 fully saturated rings. The molecule has 1 aromatic rings. The van der Waals surface area contributed by atoms with E-state index in [4.69, 9.17) is 0 Å². The van der Waals surface area contributed by atoms with E-state index < -0.39 is 22.3 Å². The van der Waals surface area contributed by atoms with Crippen molar-refractivity contribution in [2.45, 2.75) is 13.8 Å². The molecule has 0 amide bonds. The van der Waals surface area contributed by atoms with E-state index in [1.54, 1.807) is 6.92 Å². The standard InChI is InChI=1S/C8H10N2O5/c1-3-15-8(12)5-7(11)6(10(13)14)4(2)9-5/h9,11H,3H2,1-2H3. The smallest absolute Gasteiger partial charge is 0.358 e. The predicted octanol–water partition coefficient (Wildman–Crippen LogP) is 1.11. The molecule has 1 rings (SSSR count). The monoisotopic (exact) mass is 214 g/mol. The summed E-state index contributed by atoms with van der Waals surface area (Å²) in [6.45, 7) is 3.11. The Morgan fingerprint density at radius 1 is 1.67 bits per heavy atom. The highest BCUT2D eigenvalue weighted by Crippen LogP contribution is 2.33. The third kappa shape index (κ3) is 1.90. The van der Waals surface area contributed by atoms with Crippen LogP contribution >= 0.6 is 0 Å². The van der Waals surface area contributed by atoms with Gasteiger partial charge in [0.2, 0.25) is 5.75 Å². The molecule has 0 aromatic carbocycles. The zero-order chi connectivity index (χ0) is 11.6. The second-order valence-electron chi connectivity index (χ2n) is 2.80. The van der Waals surface area contributed by atoms with Gasteiger partial charge in [-0.2, -0.15) is 0 Å². The highest BCUT2D eigenvalue weighted by atomic mass is 16.6. The second-order valence-corrected chi connectivity index (χ2v) is 2.80. The van der Waals surface area contributed by atoms with E-state index in [0.717, 1.165) is 0 Å². The molecule has 0 aliphatic heterocycles. The molecule has 0 saturated heterocycles. The summed E-state index contributed by atoms with van der Waals surface area (Å²) in [6.07, 6.45) is 0. The first kappa shape index (κ1) is 11.0. The van der Waals surface area contributed by atoms with Crippen LogP contribution in [0.15, 0.2) is 0 Å². The number of carbonyl (C=O) groups is 1. The van der Waals surface area contributed by atoms with Crippen LogP contribution in [0.3, 0.4) is 0 Å². The highest BCUT2D eigenvalue weighted by Gasteiger charge is 2.28. The van der Waals surface area contributed by atoms with Crippen LogP contribution in [0.2, 0.25) is 0 Å². The topological polar surface area (TPSA) is 105 Å². The zero-order valence-electron chi connectivity index (χ0n) is 8.23. The number of hydrogen-bond donors (Lipinski definition) is 2. The average Bonchev–Trinajstić information content (AvgIpc) is 2.42. The Hall–Kier alpha value is -2.05. The van der Waals surface area contributed by atoms with E-state index in [-0.39, 0.29) is 18.0 Å². The van der Waals surface area contributed by atoms with Crippen LogP contribution in [-0.2, 0) is 4.74 Å². The maximum Gasteiger partial charge on any atom is 0.358 e. The lowest BCUT2D eigenvalue weighted by molar-refractivity contribution is -0.386. The van der Waals surface area contributed by atoms with Crippen molar-refractivity contribution in [3.63, 3.8) is 0 Å². The lowest BCUT2D eigenvalue weighted by Crippen LogP contribution is -2.05. The van der Waals surface area contributed by atoms with E-state index in [1.807, 2.05) is 0 Å². The van der Waals surface area contributed by atoms with Gasteiger partial charge >= 0.3 is 11.7 Å². The Balaban J connectivity index is 3.17. The number of nitrogens with one attached hydrogen (secondary N) is 1. The number of aryl methyl sites for hydroxylation is 1. The van der Waals surface area contributed by atoms with Crippen molar-refractivity contribution in [2.24, 2.45) is 0 Å². The molecule has 7 nitrogen and oxygen atoms in total. The Morgan fingerprint density at radius 3 is 2.67 bits per heavy atom. The molecule has 0 aliphatic rings. The maximum atomic E-state index is 11.2. The minimum atomic E-state index is -0.814. The van der Waals surface area contributed by atoms with Crippen molar-refractivity contribution in [1.82, 2.24) is 4.98 Å². The van der Waals surface area contributed by atoms with E-state index >= 15 is 0 Å². The molecular formula is C8H10N2O5. The zero-order valence-corrected chi connectivity index (χ0v) is 8.23. The van der Waals surface area contributed by atoms with Crippen molar-refractivity contribution in [2.75, 3.05) is 6.61 Å². The molecule has 0 spiro atoms. The number of rotatable bonds is 3. The molecule has 15 heavy (non-hydrogen) atoms. The van der Waals surface area contributed by atoms with Crippen LogP contribution in [0.1, 0.15) is 23.1 Å². The molecule has 0 atom stereocenters. The van der Waals surface area contributed by atoms with Crippen LogP contribution < -0.4 is 0 Å². The number of aromatic hydroxyl groups is 1. The quantitative estimate of drug-likeness (QED) is 0.445. The van der Waals surface area contributed by atoms with Gasteiger partial charge < -0.3 is 14.8 Å². The first-order valence-corrected chi connectivity index (χ1v) is 4.22. The molecule has 2 N–H and O–H groups in total. The summed E-state index contributed by atoms with van der Waals surface area (Å²) in [4.78, 5) is 23.4. The van der Waals surface area contributed by atoms with E-state index in [2.05, 4.69) is 9.72 Å². The van der Waals surface area contributed by atoms with Crippen molar-refractivity contribution in [3.8, 4) is 5.75 Å². The Bertz CT molecular complexity index is 409. The Kier molecular flexibility index (Phi) is 2.93. The summed E-state index contributed by atoms with van der Waals surface area (Å²) < 4.78 is 4.60. The van der Waals surface area contributed by atoms with Gasteiger partial charge in [0.25, 0.3) is 0 Å². The molecule has 7 heteroatoms. The van der Waals surface area contributed by atoms with Gasteiger partial charge in [0.1, 0.15) is 0 Å². The fourth-order valence-electron chi connectivity index (χ4n) is 1.18. The molecule has 0 saturated carbocycles. The van der Waals surface area contributed by atoms with E-state index in [0.29, 0.717) is 0 Å². The van der Waals surface area contributed by atoms with Crippen molar-refractivity contribution < 1.29 is 19.6 Å². The molecule has 1 heterocycles. The fourth-order valence-corrected chi connectivity index (χ4v) is 1.18. The molecule has 0 bridgehead atoms. The molecule has 0 aliphatic carbocycles. The lowest BCUT2D eigenvalue weighted by Gasteiger charge is -1.98. The van der Waals surface area contributed by atoms with Crippen LogP contribution in [0.5, 0.6) is 5.75 Å². The van der Waals surface area contributed by atoms with Gasteiger partial charge in [-0.25, -0.2) is 4.79 Å². The summed E-state index contributed by atoms with van der Waals surface area (Å²) in [6, 6.07) is 0. The Labute approximate surface area is 84.8 Å². The molecule has 0 radical (unpaired) electrons. The number of hydrogen-bond acceptors (Lipinski definition) is 5. The number of ether oxygens (including phenoxy) is 1. The third-order valence-corrected chi connectivity index (χ3v) is 1.79. The van der Waals surface area contributed by atoms with Crippen LogP contribution in [0.25, 0.3) is 0 Å². The van der Waals surface area contributed by atoms with Crippen LogP contribution in [0, 0.1) is 17.0 Å². The van der Waals surface area contributed by atoms with Gasteiger partial charge in [-0.3, -0.25) is 10.1 Å². The highest BCUT2D eigenvalue weighted by molar-refractivity contribution is 5.92. The molecule has 0 unspecified atom stereocenters. The van der Waals surface area contributed by atoms with E-state index in [9.17, 15) is 20.0 Å². The summed E-state index contributed by atoms with van der Waals surface area (Å²) in [5.41, 5.74) is -0.681. The first-order valence-electron chi connectivity index (χ1n) is 4.22. The van der Waals surface area contributed by atoms with E-state index in [1.165, 1.54) is 6.92 Å². The normalized spacial score (nSPS) is 10.0. The number of H-pyrrole nitrogens is 1. The SMILES string of the molecule is CCOC(=O)c1[nH]c(C)c([N+](=O)[O-])c1O. The summed E-state index contributed by atoms with van der Waals surface area (Å²) in [7, 11) is 0. The van der Waals surface area contributed by atoms with Gasteiger partial charge in [-0.05, 0) is 13.8 Å². The van der Waals surface area contributed by atoms with Crippen molar-refractivity contribution in [1.29, 1.82) is 0 Å². The molecular weight excluding hydrogens is 204 g/mol. The number of aromatic amines is 1. The number of esters is 1. The number of carbonyl (C=O) groups excluding carboxylic acids is 1. The van der Waals surface area contributed by atoms with Crippen LogP contribution in [-0.4, -0.2) is 27.6 Å². The second kappa shape index (κ2) is 3.99. The molecule has 82 valence electrons. The minimum absolute atomic E-state index is 0.112. The fraction of sp³-hybridized carbons (Fsp3) is 0.375. The minimum Gasteiger partial charge on any atom is -0.500 e. The summed E-state index contributed by atoms with van der Waals surface area (Å²) >= 11 is 0. The third-order valence-electron chi connectivity index (χ3n) is 1.79. The van der Waals surface area contributed by atoms with Crippen molar-refractivity contribution >= 4 is 11.7 Å². The van der Waals surface area contributed by atoms with Crippen LogP contribution in [0.4, 0.5) is 5.69 Å². The van der Waals surface area contributed by atoms with Gasteiger partial charge in [-0.15, -0.1) is 0 Å². The van der Waals surface area contributed by atoms with Gasteiger partial charge in [0.05, 0.1) is 17.2 Å². The molecule has 1 aromatic heterocycles. The summed E-state index contributed by atoms with van der Waals surface area (Å²) in [5, 5.41) is 19.9. The Morgan fingerprint density at radius 2 is 2.27 bits per heavy atom. The lowest BCUT2D eigenvalue weighted by atomic mass is 10.3. The van der Waals surface area contributed by atoms with Gasteiger partial charge in [0.15, 0.2) is 5.69 Å². The number of aromatic nitrogens is 1. The van der Waals surface area contributed by atoms with Gasteiger partial charge in [0, 0.05) is 0 Å². The average molecular weight is 214 g/mol. The summed E-state index contributed by atoms with van der Waals surface area (Å²) in [5.74, 6) is -1.50. The number of nitro groups is 1. The number of nitrogens with zero attached hydrogens (tertiary/aromatic N) is 1. The van der Waals surface area contributed by atoms with Crippen molar-refractivity contribution in [3.05, 3.63) is 21.5 Å². The maximum absolute atomic E-state index is 11.2. The first-order chi connectivity index (χ1) is 6.99. The predicted molar refractivity (Wildman–Crippen MR) is 49.8 cm³/mol. The van der Waals surface area contributed by atoms with Gasteiger partial charge in [-0.1, -0.05) is 0 Å². The largest absolute Gasteiger partial charge is 0.500 e.